The second kappa shape index (κ2) is 9.88. The summed E-state index contributed by atoms with van der Waals surface area (Å²) in [4.78, 5) is 25.4. The number of fused-ring (bicyclic) bond motifs is 1. The van der Waals surface area contributed by atoms with Crippen LogP contribution in [-0.4, -0.2) is 24.5 Å². The summed E-state index contributed by atoms with van der Waals surface area (Å²) in [6.45, 7) is 0.512. The SMILES string of the molecule is COc1cc(C=C(C#N)C(=O)N2CCc3ccccc32)ccc1OCc1ccccc1[N+](=O)[O-]. The molecule has 3 aromatic rings. The molecule has 1 aliphatic heterocycles. The number of amides is 1. The van der Waals surface area contributed by atoms with Gasteiger partial charge in [0.2, 0.25) is 0 Å². The molecule has 1 heterocycles. The number of nitro benzene ring substituents is 1. The smallest absolute Gasteiger partial charge is 0.276 e. The average Bonchev–Trinajstić information content (AvgIpc) is 3.30. The van der Waals surface area contributed by atoms with Crippen molar-refractivity contribution in [3.05, 3.63) is 99.1 Å². The number of nitro groups is 1. The molecule has 1 amide bonds. The Labute approximate surface area is 196 Å². The van der Waals surface area contributed by atoms with Crippen molar-refractivity contribution >= 4 is 23.4 Å². The first kappa shape index (κ1) is 22.6. The second-order valence-electron chi connectivity index (χ2n) is 7.59. The van der Waals surface area contributed by atoms with E-state index in [-0.39, 0.29) is 23.8 Å². The predicted octanol–water partition coefficient (Wildman–Crippen LogP) is 4.68. The molecule has 34 heavy (non-hydrogen) atoms. The van der Waals surface area contributed by atoms with Gasteiger partial charge in [-0.3, -0.25) is 14.9 Å². The molecule has 0 aromatic heterocycles. The van der Waals surface area contributed by atoms with E-state index in [2.05, 4.69) is 0 Å². The number of nitriles is 1. The normalized spacial score (nSPS) is 12.6. The van der Waals surface area contributed by atoms with E-state index < -0.39 is 4.92 Å². The van der Waals surface area contributed by atoms with E-state index in [9.17, 15) is 20.2 Å². The van der Waals surface area contributed by atoms with Gasteiger partial charge in [0.15, 0.2) is 11.5 Å². The Hall–Kier alpha value is -4.64. The highest BCUT2D eigenvalue weighted by Gasteiger charge is 2.26. The maximum atomic E-state index is 13.0. The fourth-order valence-electron chi connectivity index (χ4n) is 3.86. The van der Waals surface area contributed by atoms with Crippen LogP contribution < -0.4 is 14.4 Å². The average molecular weight is 455 g/mol. The number of hydrogen-bond acceptors (Lipinski definition) is 6. The maximum absolute atomic E-state index is 13.0. The molecule has 1 aliphatic rings. The molecule has 3 aromatic carbocycles. The van der Waals surface area contributed by atoms with Crippen molar-refractivity contribution < 1.29 is 19.2 Å². The van der Waals surface area contributed by atoms with Gasteiger partial charge in [-0.25, -0.2) is 0 Å². The summed E-state index contributed by atoms with van der Waals surface area (Å²) in [5.74, 6) is 0.405. The molecule has 0 saturated carbocycles. The fourth-order valence-corrected chi connectivity index (χ4v) is 3.86. The minimum absolute atomic E-state index is 0.00679. The minimum atomic E-state index is -0.455. The van der Waals surface area contributed by atoms with Crippen LogP contribution in [0.4, 0.5) is 11.4 Å². The van der Waals surface area contributed by atoms with E-state index in [1.165, 1.54) is 19.3 Å². The van der Waals surface area contributed by atoms with Crippen LogP contribution in [0.15, 0.2) is 72.3 Å². The number of hydrogen-bond donors (Lipinski definition) is 0. The van der Waals surface area contributed by atoms with Crippen molar-refractivity contribution in [1.82, 2.24) is 0 Å². The standard InChI is InChI=1S/C26H21N3O5/c1-33-25-15-18(10-11-24(25)34-17-20-7-3-5-9-23(20)29(31)32)14-21(16-27)26(30)28-13-12-19-6-2-4-8-22(19)28/h2-11,14-15H,12-13,17H2,1H3. The first-order valence-electron chi connectivity index (χ1n) is 10.6. The molecule has 0 unspecified atom stereocenters. The van der Waals surface area contributed by atoms with Crippen LogP contribution in [0.25, 0.3) is 6.08 Å². The van der Waals surface area contributed by atoms with E-state index in [1.807, 2.05) is 30.3 Å². The molecule has 0 bridgehead atoms. The summed E-state index contributed by atoms with van der Waals surface area (Å²) in [7, 11) is 1.47. The van der Waals surface area contributed by atoms with Crippen LogP contribution in [-0.2, 0) is 17.8 Å². The van der Waals surface area contributed by atoms with Crippen LogP contribution in [0, 0.1) is 21.4 Å². The van der Waals surface area contributed by atoms with E-state index in [4.69, 9.17) is 9.47 Å². The van der Waals surface area contributed by atoms with E-state index in [0.29, 0.717) is 29.2 Å². The summed E-state index contributed by atoms with van der Waals surface area (Å²) in [5.41, 5.74) is 2.91. The lowest BCUT2D eigenvalue weighted by molar-refractivity contribution is -0.385. The quantitative estimate of drug-likeness (QED) is 0.222. The summed E-state index contributed by atoms with van der Waals surface area (Å²) in [6.07, 6.45) is 2.26. The fraction of sp³-hybridized carbons (Fsp3) is 0.154. The zero-order valence-electron chi connectivity index (χ0n) is 18.4. The number of nitrogens with zero attached hydrogens (tertiary/aromatic N) is 3. The molecular weight excluding hydrogens is 434 g/mol. The molecule has 0 atom stereocenters. The van der Waals surface area contributed by atoms with Gasteiger partial charge in [0, 0.05) is 18.3 Å². The zero-order valence-corrected chi connectivity index (χ0v) is 18.4. The van der Waals surface area contributed by atoms with Crippen molar-refractivity contribution in [3.8, 4) is 17.6 Å². The van der Waals surface area contributed by atoms with E-state index in [1.54, 1.807) is 41.3 Å². The molecule has 8 heteroatoms. The third-order valence-corrected chi connectivity index (χ3v) is 5.55. The van der Waals surface area contributed by atoms with Gasteiger partial charge >= 0.3 is 0 Å². The van der Waals surface area contributed by atoms with Gasteiger partial charge in [-0.2, -0.15) is 5.26 Å². The van der Waals surface area contributed by atoms with Gasteiger partial charge < -0.3 is 14.4 Å². The molecule has 4 rings (SSSR count). The Morgan fingerprint density at radius 2 is 1.91 bits per heavy atom. The number of para-hydroxylation sites is 2. The van der Waals surface area contributed by atoms with Crippen LogP contribution in [0.1, 0.15) is 16.7 Å². The van der Waals surface area contributed by atoms with Gasteiger partial charge in [0.25, 0.3) is 11.6 Å². The molecule has 0 saturated heterocycles. The number of rotatable bonds is 7. The molecule has 0 N–H and O–H groups in total. The Morgan fingerprint density at radius 1 is 1.15 bits per heavy atom. The highest BCUT2D eigenvalue weighted by molar-refractivity contribution is 6.12. The second-order valence-corrected chi connectivity index (χ2v) is 7.59. The van der Waals surface area contributed by atoms with Crippen LogP contribution in [0.2, 0.25) is 0 Å². The first-order chi connectivity index (χ1) is 16.5. The number of ether oxygens (including phenoxy) is 2. The molecule has 8 nitrogen and oxygen atoms in total. The molecule has 170 valence electrons. The maximum Gasteiger partial charge on any atom is 0.276 e. The third-order valence-electron chi connectivity index (χ3n) is 5.55. The van der Waals surface area contributed by atoms with Crippen LogP contribution >= 0.6 is 0 Å². The number of methoxy groups -OCH3 is 1. The van der Waals surface area contributed by atoms with Crippen LogP contribution in [0.5, 0.6) is 11.5 Å². The first-order valence-corrected chi connectivity index (χ1v) is 10.6. The number of anilines is 1. The summed E-state index contributed by atoms with van der Waals surface area (Å²) < 4.78 is 11.2. The number of benzene rings is 3. The topological polar surface area (TPSA) is 106 Å². The van der Waals surface area contributed by atoms with Crippen molar-refractivity contribution in [3.63, 3.8) is 0 Å². The number of carbonyl (C=O) groups excluding carboxylic acids is 1. The van der Waals surface area contributed by atoms with Gasteiger partial charge in [0.1, 0.15) is 18.2 Å². The van der Waals surface area contributed by atoms with E-state index >= 15 is 0 Å². The molecule has 0 aliphatic carbocycles. The Morgan fingerprint density at radius 3 is 2.68 bits per heavy atom. The summed E-state index contributed by atoms with van der Waals surface area (Å²) in [6, 6.07) is 21.0. The largest absolute Gasteiger partial charge is 0.493 e. The van der Waals surface area contributed by atoms with Crippen LogP contribution in [0.3, 0.4) is 0 Å². The van der Waals surface area contributed by atoms with Crippen molar-refractivity contribution in [2.45, 2.75) is 13.0 Å². The Balaban J connectivity index is 1.54. The number of carbonyl (C=O) groups is 1. The van der Waals surface area contributed by atoms with Gasteiger partial charge in [-0.05, 0) is 47.9 Å². The third kappa shape index (κ3) is 4.59. The van der Waals surface area contributed by atoms with Crippen molar-refractivity contribution in [2.24, 2.45) is 0 Å². The van der Waals surface area contributed by atoms with Gasteiger partial charge in [-0.15, -0.1) is 0 Å². The zero-order chi connectivity index (χ0) is 24.1. The van der Waals surface area contributed by atoms with Crippen molar-refractivity contribution in [2.75, 3.05) is 18.6 Å². The Kier molecular flexibility index (Phi) is 6.55. The monoisotopic (exact) mass is 455 g/mol. The molecule has 0 radical (unpaired) electrons. The molecular formula is C26H21N3O5. The molecule has 0 spiro atoms. The minimum Gasteiger partial charge on any atom is -0.493 e. The van der Waals surface area contributed by atoms with Gasteiger partial charge in [-0.1, -0.05) is 36.4 Å². The summed E-state index contributed by atoms with van der Waals surface area (Å²) in [5, 5.41) is 20.9. The lowest BCUT2D eigenvalue weighted by Gasteiger charge is -2.16. The predicted molar refractivity (Wildman–Crippen MR) is 127 cm³/mol. The summed E-state index contributed by atoms with van der Waals surface area (Å²) >= 11 is 0. The van der Waals surface area contributed by atoms with Gasteiger partial charge in [0.05, 0.1) is 17.6 Å². The lowest BCUT2D eigenvalue weighted by Crippen LogP contribution is -2.29. The Bertz CT molecular complexity index is 1330. The lowest BCUT2D eigenvalue weighted by atomic mass is 10.1. The highest BCUT2D eigenvalue weighted by atomic mass is 16.6. The van der Waals surface area contributed by atoms with Crippen molar-refractivity contribution in [1.29, 1.82) is 5.26 Å². The highest BCUT2D eigenvalue weighted by Crippen LogP contribution is 2.32. The van der Waals surface area contributed by atoms with E-state index in [0.717, 1.165) is 17.7 Å². The molecule has 0 fully saturated rings.